The highest BCUT2D eigenvalue weighted by molar-refractivity contribution is 6.30. The maximum absolute atomic E-state index is 6.26. The smallest absolute Gasteiger partial charge is 0.193 e. The van der Waals surface area contributed by atoms with E-state index in [0.29, 0.717) is 0 Å². The molecule has 6 nitrogen and oxygen atoms in total. The van der Waals surface area contributed by atoms with Crippen molar-refractivity contribution >= 4 is 17.6 Å². The first-order chi connectivity index (χ1) is 13.6. The third kappa shape index (κ3) is 5.28. The molecule has 1 N–H and O–H groups in total. The van der Waals surface area contributed by atoms with Gasteiger partial charge in [-0.05, 0) is 29.8 Å². The number of guanidine groups is 1. The van der Waals surface area contributed by atoms with Crippen molar-refractivity contribution in [1.82, 2.24) is 19.7 Å². The van der Waals surface area contributed by atoms with Gasteiger partial charge in [0.15, 0.2) is 5.96 Å². The molecule has 1 aliphatic heterocycles. The first-order valence-electron chi connectivity index (χ1n) is 9.67. The van der Waals surface area contributed by atoms with E-state index in [1.54, 1.807) is 0 Å². The zero-order valence-corrected chi connectivity index (χ0v) is 17.7. The first kappa shape index (κ1) is 20.7. The lowest BCUT2D eigenvalue weighted by molar-refractivity contribution is 0.0169. The van der Waals surface area contributed by atoms with Crippen LogP contribution in [-0.4, -0.2) is 67.3 Å². The van der Waals surface area contributed by atoms with Crippen LogP contribution in [-0.2, 0) is 18.3 Å². The van der Waals surface area contributed by atoms with Crippen molar-refractivity contribution in [2.45, 2.75) is 12.6 Å². The lowest BCUT2D eigenvalue weighted by atomic mass is 10.0. The lowest BCUT2D eigenvalue weighted by Crippen LogP contribution is -2.46. The first-order valence-corrected chi connectivity index (χ1v) is 10.1. The Bertz CT molecular complexity index is 785. The van der Waals surface area contributed by atoms with E-state index in [2.05, 4.69) is 69.2 Å². The summed E-state index contributed by atoms with van der Waals surface area (Å²) < 4.78 is 7.67. The van der Waals surface area contributed by atoms with Crippen LogP contribution in [0.5, 0.6) is 0 Å². The van der Waals surface area contributed by atoms with E-state index in [1.807, 2.05) is 19.2 Å². The molecule has 28 heavy (non-hydrogen) atoms. The van der Waals surface area contributed by atoms with Crippen molar-refractivity contribution in [3.63, 3.8) is 0 Å². The fraction of sp³-hybridized carbons (Fsp3) is 0.476. The Morgan fingerprint density at radius 2 is 2.07 bits per heavy atom. The second-order valence-corrected chi connectivity index (χ2v) is 7.55. The lowest BCUT2D eigenvalue weighted by Gasteiger charge is -2.35. The Kier molecular flexibility index (Phi) is 7.36. The summed E-state index contributed by atoms with van der Waals surface area (Å²) in [5.74, 6) is 0.876. The van der Waals surface area contributed by atoms with Crippen molar-refractivity contribution in [2.75, 3.05) is 46.9 Å². The number of halogens is 1. The molecule has 1 fully saturated rings. The Morgan fingerprint density at radius 3 is 2.71 bits per heavy atom. The summed E-state index contributed by atoms with van der Waals surface area (Å²) in [4.78, 5) is 9.07. The Morgan fingerprint density at radius 1 is 1.29 bits per heavy atom. The van der Waals surface area contributed by atoms with Crippen LogP contribution in [0.2, 0.25) is 5.02 Å². The number of aliphatic imine (C=N–C) groups is 1. The molecule has 1 unspecified atom stereocenters. The van der Waals surface area contributed by atoms with Crippen LogP contribution in [0.15, 0.2) is 47.6 Å². The highest BCUT2D eigenvalue weighted by Gasteiger charge is 2.23. The van der Waals surface area contributed by atoms with Gasteiger partial charge in [0.2, 0.25) is 0 Å². The number of rotatable bonds is 6. The summed E-state index contributed by atoms with van der Waals surface area (Å²) in [6.45, 7) is 4.90. The summed E-state index contributed by atoms with van der Waals surface area (Å²) >= 11 is 6.26. The van der Waals surface area contributed by atoms with Gasteiger partial charge in [-0.15, -0.1) is 0 Å². The number of hydrogen-bond donors (Lipinski definition) is 1. The molecule has 0 aliphatic carbocycles. The largest absolute Gasteiger partial charge is 0.379 e. The maximum atomic E-state index is 6.26. The van der Waals surface area contributed by atoms with Crippen molar-refractivity contribution < 1.29 is 4.74 Å². The Balaban J connectivity index is 1.69. The van der Waals surface area contributed by atoms with Crippen molar-refractivity contribution in [3.05, 3.63) is 58.9 Å². The van der Waals surface area contributed by atoms with Gasteiger partial charge in [-0.2, -0.15) is 0 Å². The van der Waals surface area contributed by atoms with Gasteiger partial charge in [-0.25, -0.2) is 0 Å². The summed E-state index contributed by atoms with van der Waals surface area (Å²) in [6.07, 6.45) is 2.06. The van der Waals surface area contributed by atoms with Crippen LogP contribution in [0.1, 0.15) is 17.3 Å². The number of nitrogens with zero attached hydrogens (tertiary/aromatic N) is 4. The number of aromatic nitrogens is 1. The third-order valence-electron chi connectivity index (χ3n) is 5.20. The fourth-order valence-electron chi connectivity index (χ4n) is 3.61. The summed E-state index contributed by atoms with van der Waals surface area (Å²) in [5.41, 5.74) is 2.45. The van der Waals surface area contributed by atoms with Crippen molar-refractivity contribution in [3.8, 4) is 0 Å². The molecule has 0 amide bonds. The van der Waals surface area contributed by atoms with E-state index in [1.165, 1.54) is 11.3 Å². The normalized spacial score (nSPS) is 16.8. The average molecular weight is 404 g/mol. The molecule has 0 spiro atoms. The minimum Gasteiger partial charge on any atom is -0.379 e. The monoisotopic (exact) mass is 403 g/mol. The molecule has 2 heterocycles. The van der Waals surface area contributed by atoms with Gasteiger partial charge >= 0.3 is 0 Å². The van der Waals surface area contributed by atoms with Crippen LogP contribution in [0.3, 0.4) is 0 Å². The number of morpholine rings is 1. The third-order valence-corrected chi connectivity index (χ3v) is 5.43. The topological polar surface area (TPSA) is 45.0 Å². The van der Waals surface area contributed by atoms with E-state index < -0.39 is 0 Å². The number of nitrogens with one attached hydrogen (secondary N) is 1. The van der Waals surface area contributed by atoms with Crippen LogP contribution in [0.4, 0.5) is 0 Å². The molecule has 0 radical (unpaired) electrons. The highest BCUT2D eigenvalue weighted by atomic mass is 35.5. The molecule has 7 heteroatoms. The summed E-state index contributed by atoms with van der Waals surface area (Å²) in [6, 6.07) is 12.5. The fourth-order valence-corrected chi connectivity index (χ4v) is 3.81. The maximum Gasteiger partial charge on any atom is 0.193 e. The average Bonchev–Trinajstić information content (AvgIpc) is 3.10. The van der Waals surface area contributed by atoms with Crippen molar-refractivity contribution in [2.24, 2.45) is 12.0 Å². The molecule has 1 saturated heterocycles. The molecule has 152 valence electrons. The number of benzene rings is 1. The van der Waals surface area contributed by atoms with E-state index >= 15 is 0 Å². The molecule has 1 atom stereocenters. The van der Waals surface area contributed by atoms with Crippen molar-refractivity contribution in [1.29, 1.82) is 0 Å². The standard InChI is InChI=1S/C21H30ClN5O/c1-23-21(26(3)16-19-8-5-9-25(19)2)24-15-20(27-10-12-28-13-11-27)17-6-4-7-18(22)14-17/h4-9,14,20H,10-13,15-16H2,1-3H3,(H,23,24). The molecule has 2 aromatic rings. The van der Waals surface area contributed by atoms with Gasteiger partial charge in [0.25, 0.3) is 0 Å². The predicted octanol–water partition coefficient (Wildman–Crippen LogP) is 2.76. The SMILES string of the molecule is CN=C(NCC(c1cccc(Cl)c1)N1CCOCC1)N(C)Cc1cccn1C. The van der Waals surface area contributed by atoms with Gasteiger partial charge in [-0.1, -0.05) is 23.7 Å². The number of ether oxygens (including phenoxy) is 1. The zero-order valence-electron chi connectivity index (χ0n) is 16.9. The molecular formula is C21H30ClN5O. The Labute approximate surface area is 172 Å². The van der Waals surface area contributed by atoms with E-state index in [9.17, 15) is 0 Å². The van der Waals surface area contributed by atoms with Gasteiger partial charge in [0.05, 0.1) is 25.8 Å². The Hall–Kier alpha value is -2.02. The molecule has 1 aromatic carbocycles. The minimum atomic E-state index is 0.211. The van der Waals surface area contributed by atoms with Crippen LogP contribution in [0.25, 0.3) is 0 Å². The van der Waals surface area contributed by atoms with Gasteiger partial charge < -0.3 is 19.5 Å². The van der Waals surface area contributed by atoms with Crippen LogP contribution in [0, 0.1) is 0 Å². The second kappa shape index (κ2) is 9.96. The van der Waals surface area contributed by atoms with E-state index in [-0.39, 0.29) is 6.04 Å². The van der Waals surface area contributed by atoms with Gasteiger partial charge in [0, 0.05) is 57.7 Å². The predicted molar refractivity (Wildman–Crippen MR) is 115 cm³/mol. The summed E-state index contributed by atoms with van der Waals surface area (Å²) in [5, 5.41) is 4.32. The molecule has 1 aromatic heterocycles. The number of aryl methyl sites for hydroxylation is 1. The van der Waals surface area contributed by atoms with E-state index in [4.69, 9.17) is 16.3 Å². The molecular weight excluding hydrogens is 374 g/mol. The molecule has 0 saturated carbocycles. The van der Waals surface area contributed by atoms with E-state index in [0.717, 1.165) is 50.4 Å². The quantitative estimate of drug-likeness (QED) is 0.595. The zero-order chi connectivity index (χ0) is 19.9. The molecule has 3 rings (SSSR count). The molecule has 1 aliphatic rings. The van der Waals surface area contributed by atoms with Crippen LogP contribution >= 0.6 is 11.6 Å². The summed E-state index contributed by atoms with van der Waals surface area (Å²) in [7, 11) is 5.95. The molecule has 0 bridgehead atoms. The highest BCUT2D eigenvalue weighted by Crippen LogP contribution is 2.24. The van der Waals surface area contributed by atoms with Crippen LogP contribution < -0.4 is 5.32 Å². The second-order valence-electron chi connectivity index (χ2n) is 7.11. The number of hydrogen-bond acceptors (Lipinski definition) is 3. The van der Waals surface area contributed by atoms with Gasteiger partial charge in [-0.3, -0.25) is 9.89 Å². The van der Waals surface area contributed by atoms with Gasteiger partial charge in [0.1, 0.15) is 0 Å². The minimum absolute atomic E-state index is 0.211.